The number of fused-ring (bicyclic) bond motifs is 1. The summed E-state index contributed by atoms with van der Waals surface area (Å²) in [5.74, 6) is 0.559. The number of carbonyl (C=O) groups excluding carboxylic acids is 1. The number of benzene rings is 2. The van der Waals surface area contributed by atoms with Crippen LogP contribution in [0.4, 0.5) is 0 Å². The molecule has 1 aromatic heterocycles. The van der Waals surface area contributed by atoms with Crippen LogP contribution in [0.5, 0.6) is 5.75 Å². The highest BCUT2D eigenvalue weighted by molar-refractivity contribution is 5.83. The van der Waals surface area contributed by atoms with Gasteiger partial charge in [0, 0.05) is 11.9 Å². The first kappa shape index (κ1) is 18.6. The molecule has 0 bridgehead atoms. The zero-order valence-electron chi connectivity index (χ0n) is 15.8. The minimum absolute atomic E-state index is 0.102. The molecular formula is C21H23N3O3. The molecule has 6 heteroatoms. The molecule has 6 nitrogen and oxygen atoms in total. The van der Waals surface area contributed by atoms with Gasteiger partial charge in [-0.3, -0.25) is 9.59 Å². The van der Waals surface area contributed by atoms with E-state index < -0.39 is 0 Å². The SMILES string of the molecule is COc1ccc(C)cc1CCNC(=O)Cn1nc(C)c2ccccc2c1=O. The van der Waals surface area contributed by atoms with Crippen LogP contribution >= 0.6 is 0 Å². The molecule has 1 N–H and O–H groups in total. The summed E-state index contributed by atoms with van der Waals surface area (Å²) >= 11 is 0. The Balaban J connectivity index is 1.67. The summed E-state index contributed by atoms with van der Waals surface area (Å²) in [4.78, 5) is 24.8. The number of hydrogen-bond donors (Lipinski definition) is 1. The average molecular weight is 365 g/mol. The quantitative estimate of drug-likeness (QED) is 0.728. The maximum absolute atomic E-state index is 12.5. The van der Waals surface area contributed by atoms with Crippen molar-refractivity contribution in [2.24, 2.45) is 0 Å². The molecule has 1 amide bonds. The van der Waals surface area contributed by atoms with E-state index in [9.17, 15) is 9.59 Å². The number of carbonyl (C=O) groups is 1. The first-order valence-electron chi connectivity index (χ1n) is 8.86. The third-order valence-electron chi connectivity index (χ3n) is 4.50. The number of amides is 1. The van der Waals surface area contributed by atoms with Crippen molar-refractivity contribution >= 4 is 16.7 Å². The summed E-state index contributed by atoms with van der Waals surface area (Å²) in [6.07, 6.45) is 0.648. The zero-order valence-corrected chi connectivity index (χ0v) is 15.8. The molecule has 0 atom stereocenters. The minimum Gasteiger partial charge on any atom is -0.496 e. The van der Waals surface area contributed by atoms with E-state index in [4.69, 9.17) is 4.74 Å². The third-order valence-corrected chi connectivity index (χ3v) is 4.50. The molecule has 3 rings (SSSR count). The van der Waals surface area contributed by atoms with Gasteiger partial charge in [-0.05, 0) is 38.0 Å². The molecule has 27 heavy (non-hydrogen) atoms. The fourth-order valence-corrected chi connectivity index (χ4v) is 3.14. The molecule has 0 saturated heterocycles. The van der Waals surface area contributed by atoms with Gasteiger partial charge in [0.15, 0.2) is 0 Å². The zero-order chi connectivity index (χ0) is 19.4. The monoisotopic (exact) mass is 365 g/mol. The second-order valence-corrected chi connectivity index (χ2v) is 6.51. The molecule has 140 valence electrons. The summed E-state index contributed by atoms with van der Waals surface area (Å²) in [7, 11) is 1.63. The van der Waals surface area contributed by atoms with Crippen LogP contribution in [0.1, 0.15) is 16.8 Å². The van der Waals surface area contributed by atoms with E-state index in [0.29, 0.717) is 18.4 Å². The summed E-state index contributed by atoms with van der Waals surface area (Å²) in [5, 5.41) is 8.50. The van der Waals surface area contributed by atoms with Crippen molar-refractivity contribution in [1.82, 2.24) is 15.1 Å². The Kier molecular flexibility index (Phi) is 5.54. The van der Waals surface area contributed by atoms with Gasteiger partial charge in [-0.15, -0.1) is 0 Å². The van der Waals surface area contributed by atoms with Gasteiger partial charge in [-0.1, -0.05) is 35.9 Å². The predicted octanol–water partition coefficient (Wildman–Crippen LogP) is 2.38. The molecule has 0 aliphatic heterocycles. The van der Waals surface area contributed by atoms with E-state index in [1.165, 1.54) is 4.68 Å². The van der Waals surface area contributed by atoms with Crippen LogP contribution in [0.3, 0.4) is 0 Å². The first-order valence-corrected chi connectivity index (χ1v) is 8.86. The minimum atomic E-state index is -0.258. The number of nitrogens with one attached hydrogen (secondary N) is 1. The number of nitrogens with zero attached hydrogens (tertiary/aromatic N) is 2. The largest absolute Gasteiger partial charge is 0.496 e. The maximum Gasteiger partial charge on any atom is 0.275 e. The summed E-state index contributed by atoms with van der Waals surface area (Å²) in [5.41, 5.74) is 2.64. The lowest BCUT2D eigenvalue weighted by Gasteiger charge is -2.11. The van der Waals surface area contributed by atoms with Gasteiger partial charge in [0.05, 0.1) is 18.2 Å². The number of hydrogen-bond acceptors (Lipinski definition) is 4. The fraction of sp³-hybridized carbons (Fsp3) is 0.286. The fourth-order valence-electron chi connectivity index (χ4n) is 3.14. The Morgan fingerprint density at radius 3 is 2.63 bits per heavy atom. The van der Waals surface area contributed by atoms with Crippen LogP contribution in [0.15, 0.2) is 47.3 Å². The lowest BCUT2D eigenvalue weighted by molar-refractivity contribution is -0.121. The lowest BCUT2D eigenvalue weighted by Crippen LogP contribution is -2.35. The van der Waals surface area contributed by atoms with Gasteiger partial charge in [0.25, 0.3) is 5.56 Å². The molecule has 0 fully saturated rings. The average Bonchev–Trinajstić information content (AvgIpc) is 2.66. The predicted molar refractivity (Wildman–Crippen MR) is 105 cm³/mol. The van der Waals surface area contributed by atoms with Crippen LogP contribution in [-0.2, 0) is 17.8 Å². The summed E-state index contributed by atoms with van der Waals surface area (Å²) in [6, 6.07) is 13.2. The standard InChI is InChI=1S/C21H23N3O3/c1-14-8-9-19(27-3)16(12-14)10-11-22-20(25)13-24-21(26)18-7-5-4-6-17(18)15(2)23-24/h4-9,12H,10-11,13H2,1-3H3,(H,22,25). The highest BCUT2D eigenvalue weighted by atomic mass is 16.5. The Bertz CT molecular complexity index is 1040. The lowest BCUT2D eigenvalue weighted by atomic mass is 10.1. The second-order valence-electron chi connectivity index (χ2n) is 6.51. The van der Waals surface area contributed by atoms with Crippen molar-refractivity contribution < 1.29 is 9.53 Å². The summed E-state index contributed by atoms with van der Waals surface area (Å²) in [6.45, 7) is 4.21. The van der Waals surface area contributed by atoms with Crippen LogP contribution in [0.25, 0.3) is 10.8 Å². The molecule has 3 aromatic rings. The molecule has 0 aliphatic carbocycles. The van der Waals surface area contributed by atoms with E-state index in [2.05, 4.69) is 10.4 Å². The van der Waals surface area contributed by atoms with E-state index in [0.717, 1.165) is 28.0 Å². The smallest absolute Gasteiger partial charge is 0.275 e. The molecule has 0 spiro atoms. The van der Waals surface area contributed by atoms with Crippen molar-refractivity contribution in [3.05, 3.63) is 69.6 Å². The molecule has 2 aromatic carbocycles. The van der Waals surface area contributed by atoms with Crippen molar-refractivity contribution in [1.29, 1.82) is 0 Å². The van der Waals surface area contributed by atoms with E-state index in [-0.39, 0.29) is 18.0 Å². The van der Waals surface area contributed by atoms with Crippen LogP contribution in [0.2, 0.25) is 0 Å². The van der Waals surface area contributed by atoms with Crippen molar-refractivity contribution in [2.45, 2.75) is 26.8 Å². The van der Waals surface area contributed by atoms with Crippen LogP contribution < -0.4 is 15.6 Å². The normalized spacial score (nSPS) is 10.8. The van der Waals surface area contributed by atoms with Crippen LogP contribution in [0, 0.1) is 13.8 Å². The number of ether oxygens (including phenoxy) is 1. The van der Waals surface area contributed by atoms with Crippen LogP contribution in [-0.4, -0.2) is 29.3 Å². The van der Waals surface area contributed by atoms with Crippen molar-refractivity contribution in [2.75, 3.05) is 13.7 Å². The number of aryl methyl sites for hydroxylation is 2. The Morgan fingerprint density at radius 1 is 1.15 bits per heavy atom. The third kappa shape index (κ3) is 4.16. The summed E-state index contributed by atoms with van der Waals surface area (Å²) < 4.78 is 6.58. The molecular weight excluding hydrogens is 342 g/mol. The first-order chi connectivity index (χ1) is 13.0. The highest BCUT2D eigenvalue weighted by Gasteiger charge is 2.11. The highest BCUT2D eigenvalue weighted by Crippen LogP contribution is 2.19. The van der Waals surface area contributed by atoms with Gasteiger partial charge in [-0.25, -0.2) is 4.68 Å². The maximum atomic E-state index is 12.5. The van der Waals surface area contributed by atoms with Gasteiger partial charge in [0.1, 0.15) is 12.3 Å². The van der Waals surface area contributed by atoms with Gasteiger partial charge in [0.2, 0.25) is 5.91 Å². The Morgan fingerprint density at radius 2 is 1.89 bits per heavy atom. The molecule has 0 saturated carbocycles. The Labute approximate surface area is 157 Å². The molecule has 0 radical (unpaired) electrons. The topological polar surface area (TPSA) is 73.2 Å². The number of rotatable bonds is 6. The molecule has 1 heterocycles. The molecule has 0 aliphatic rings. The number of aromatic nitrogens is 2. The van der Waals surface area contributed by atoms with Gasteiger partial charge in [-0.2, -0.15) is 5.10 Å². The van der Waals surface area contributed by atoms with Gasteiger partial charge >= 0.3 is 0 Å². The molecule has 0 unspecified atom stereocenters. The number of methoxy groups -OCH3 is 1. The van der Waals surface area contributed by atoms with Gasteiger partial charge < -0.3 is 10.1 Å². The second kappa shape index (κ2) is 8.03. The van der Waals surface area contributed by atoms with Crippen molar-refractivity contribution in [3.63, 3.8) is 0 Å². The van der Waals surface area contributed by atoms with Crippen molar-refractivity contribution in [3.8, 4) is 5.75 Å². The van der Waals surface area contributed by atoms with E-state index in [1.807, 2.05) is 50.2 Å². The van der Waals surface area contributed by atoms with E-state index in [1.54, 1.807) is 13.2 Å². The van der Waals surface area contributed by atoms with E-state index >= 15 is 0 Å². The Hall–Kier alpha value is -3.15.